The van der Waals surface area contributed by atoms with Crippen molar-refractivity contribution in [1.29, 1.82) is 0 Å². The normalized spacial score (nSPS) is 11.7. The highest BCUT2D eigenvalue weighted by Crippen LogP contribution is 2.34. The number of nitrogens with zero attached hydrogens (tertiary/aromatic N) is 2. The summed E-state index contributed by atoms with van der Waals surface area (Å²) in [5.74, 6) is -0.370. The van der Waals surface area contributed by atoms with Crippen molar-refractivity contribution < 1.29 is 13.2 Å². The zero-order valence-electron chi connectivity index (χ0n) is 16.1. The summed E-state index contributed by atoms with van der Waals surface area (Å²) in [7, 11) is -2.24. The van der Waals surface area contributed by atoms with E-state index in [1.165, 1.54) is 34.1 Å². The Hall–Kier alpha value is -2.51. The van der Waals surface area contributed by atoms with E-state index >= 15 is 0 Å². The third-order valence-corrected chi connectivity index (χ3v) is 8.06. The van der Waals surface area contributed by atoms with Crippen LogP contribution in [0.3, 0.4) is 0 Å². The number of hydrogen-bond acceptors (Lipinski definition) is 8. The lowest BCUT2D eigenvalue weighted by molar-refractivity contribution is -0.113. The van der Waals surface area contributed by atoms with E-state index in [9.17, 15) is 18.0 Å². The van der Waals surface area contributed by atoms with Crippen molar-refractivity contribution in [3.05, 3.63) is 57.5 Å². The first kappa shape index (κ1) is 21.7. The summed E-state index contributed by atoms with van der Waals surface area (Å²) in [5, 5.41) is 12.6. The highest BCUT2D eigenvalue weighted by molar-refractivity contribution is 7.99. The number of rotatable bonds is 6. The number of aromatic nitrogens is 2. The molecule has 1 aromatic carbocycles. The molecule has 0 aliphatic carbocycles. The van der Waals surface area contributed by atoms with Crippen molar-refractivity contribution in [3.8, 4) is 10.4 Å². The van der Waals surface area contributed by atoms with E-state index in [-0.39, 0.29) is 22.1 Å². The molecule has 0 spiro atoms. The maximum absolute atomic E-state index is 12.9. The maximum atomic E-state index is 12.9. The van der Waals surface area contributed by atoms with Gasteiger partial charge in [0.1, 0.15) is 4.83 Å². The topological polar surface area (TPSA) is 124 Å². The summed E-state index contributed by atoms with van der Waals surface area (Å²) in [6.45, 7) is 0. The molecule has 0 atom stereocenters. The van der Waals surface area contributed by atoms with Gasteiger partial charge in [-0.05, 0) is 29.6 Å². The number of anilines is 1. The van der Waals surface area contributed by atoms with E-state index in [0.717, 1.165) is 22.2 Å². The molecular formula is C19H16N4O4S4. The first-order chi connectivity index (χ1) is 14.7. The molecule has 0 saturated carbocycles. The molecule has 12 heteroatoms. The van der Waals surface area contributed by atoms with Gasteiger partial charge in [-0.3, -0.25) is 14.2 Å². The lowest BCUT2D eigenvalue weighted by Gasteiger charge is -2.09. The fourth-order valence-corrected chi connectivity index (χ4v) is 6.01. The molecule has 0 aliphatic rings. The number of benzene rings is 1. The summed E-state index contributed by atoms with van der Waals surface area (Å²) in [6, 6.07) is 9.58. The number of nitrogens with two attached hydrogens (primary N) is 1. The Labute approximate surface area is 189 Å². The summed E-state index contributed by atoms with van der Waals surface area (Å²) < 4.78 is 24.4. The van der Waals surface area contributed by atoms with E-state index in [1.54, 1.807) is 24.5 Å². The average Bonchev–Trinajstić information content (AvgIpc) is 3.39. The van der Waals surface area contributed by atoms with Crippen LogP contribution in [0.5, 0.6) is 0 Å². The van der Waals surface area contributed by atoms with Gasteiger partial charge in [0.05, 0.1) is 16.0 Å². The molecule has 31 heavy (non-hydrogen) atoms. The number of amides is 1. The predicted molar refractivity (Wildman–Crippen MR) is 125 cm³/mol. The maximum Gasteiger partial charge on any atom is 0.263 e. The van der Waals surface area contributed by atoms with Crippen molar-refractivity contribution in [2.45, 2.75) is 10.1 Å². The number of thioether (sulfide) groups is 1. The molecular weight excluding hydrogens is 477 g/mol. The molecule has 0 bridgehead atoms. The number of hydrogen-bond donors (Lipinski definition) is 2. The SMILES string of the molecule is Cn1c(SCC(=O)Nc2cccc(S(N)(=O)=O)c2)nc2scc(-c3cccs3)c2c1=O. The second-order valence-corrected chi connectivity index (χ2v) is 10.8. The molecule has 8 nitrogen and oxygen atoms in total. The molecule has 4 aromatic rings. The van der Waals surface area contributed by atoms with Gasteiger partial charge in [-0.15, -0.1) is 22.7 Å². The Morgan fingerprint density at radius 2 is 2.06 bits per heavy atom. The summed E-state index contributed by atoms with van der Waals surface area (Å²) >= 11 is 4.07. The molecule has 0 saturated heterocycles. The van der Waals surface area contributed by atoms with Gasteiger partial charge >= 0.3 is 0 Å². The predicted octanol–water partition coefficient (Wildman–Crippen LogP) is 3.10. The Morgan fingerprint density at radius 1 is 1.26 bits per heavy atom. The molecule has 160 valence electrons. The second kappa shape index (κ2) is 8.55. The first-order valence-electron chi connectivity index (χ1n) is 8.81. The van der Waals surface area contributed by atoms with Gasteiger partial charge in [0.25, 0.3) is 5.56 Å². The number of carbonyl (C=O) groups excluding carboxylic acids is 1. The van der Waals surface area contributed by atoms with Gasteiger partial charge in [0.15, 0.2) is 5.16 Å². The van der Waals surface area contributed by atoms with Crippen LogP contribution in [0.4, 0.5) is 5.69 Å². The third-order valence-electron chi connectivity index (χ3n) is 4.34. The van der Waals surface area contributed by atoms with Crippen molar-refractivity contribution in [3.63, 3.8) is 0 Å². The molecule has 3 heterocycles. The van der Waals surface area contributed by atoms with Gasteiger partial charge in [0, 0.05) is 28.6 Å². The Balaban J connectivity index is 1.53. The van der Waals surface area contributed by atoms with Crippen molar-refractivity contribution in [2.75, 3.05) is 11.1 Å². The number of carbonyl (C=O) groups is 1. The number of nitrogens with one attached hydrogen (secondary N) is 1. The molecule has 3 N–H and O–H groups in total. The van der Waals surface area contributed by atoms with Gasteiger partial charge in [-0.2, -0.15) is 0 Å². The summed E-state index contributed by atoms with van der Waals surface area (Å²) in [6.07, 6.45) is 0. The Bertz CT molecular complexity index is 1440. The lowest BCUT2D eigenvalue weighted by Crippen LogP contribution is -2.21. The smallest absolute Gasteiger partial charge is 0.263 e. The van der Waals surface area contributed by atoms with Crippen LogP contribution in [0.15, 0.2) is 62.0 Å². The number of sulfonamides is 1. The van der Waals surface area contributed by atoms with Crippen molar-refractivity contribution >= 4 is 66.3 Å². The third kappa shape index (κ3) is 4.57. The average molecular weight is 493 g/mol. The van der Waals surface area contributed by atoms with E-state index in [0.29, 0.717) is 21.1 Å². The fourth-order valence-electron chi connectivity index (χ4n) is 2.87. The van der Waals surface area contributed by atoms with Crippen LogP contribution in [0.25, 0.3) is 20.7 Å². The highest BCUT2D eigenvalue weighted by Gasteiger charge is 2.17. The van der Waals surface area contributed by atoms with Crippen LogP contribution in [-0.2, 0) is 21.9 Å². The van der Waals surface area contributed by atoms with Crippen LogP contribution in [-0.4, -0.2) is 29.6 Å². The van der Waals surface area contributed by atoms with Gasteiger partial charge in [-0.1, -0.05) is 23.9 Å². The van der Waals surface area contributed by atoms with Crippen LogP contribution in [0, 0.1) is 0 Å². The highest BCUT2D eigenvalue weighted by atomic mass is 32.2. The van der Waals surface area contributed by atoms with Crippen molar-refractivity contribution in [2.24, 2.45) is 12.2 Å². The molecule has 1 amide bonds. The lowest BCUT2D eigenvalue weighted by atomic mass is 10.2. The van der Waals surface area contributed by atoms with E-state index in [1.807, 2.05) is 22.9 Å². The fraction of sp³-hybridized carbons (Fsp3) is 0.105. The zero-order valence-corrected chi connectivity index (χ0v) is 19.3. The molecule has 0 fully saturated rings. The quantitative estimate of drug-likeness (QED) is 0.315. The number of thiophene rings is 2. The Morgan fingerprint density at radius 3 is 2.77 bits per heavy atom. The molecule has 4 rings (SSSR count). The molecule has 0 radical (unpaired) electrons. The van der Waals surface area contributed by atoms with E-state index in [4.69, 9.17) is 5.14 Å². The Kier molecular flexibility index (Phi) is 5.99. The number of primary sulfonamides is 1. The van der Waals surface area contributed by atoms with Gasteiger partial charge in [-0.25, -0.2) is 18.5 Å². The van der Waals surface area contributed by atoms with Crippen LogP contribution >= 0.6 is 34.4 Å². The molecule has 0 unspecified atom stereocenters. The molecule has 0 aliphatic heterocycles. The largest absolute Gasteiger partial charge is 0.325 e. The van der Waals surface area contributed by atoms with Crippen molar-refractivity contribution in [1.82, 2.24) is 9.55 Å². The first-order valence-corrected chi connectivity index (χ1v) is 13.1. The van der Waals surface area contributed by atoms with Crippen LogP contribution in [0.2, 0.25) is 0 Å². The minimum atomic E-state index is -3.86. The molecule has 3 aromatic heterocycles. The standard InChI is InChI=1S/C19H16N4O4S4/c1-23-18(25)16-13(14-6-3-7-28-14)9-29-17(16)22-19(23)30-10-15(24)21-11-4-2-5-12(8-11)31(20,26)27/h2-9H,10H2,1H3,(H,21,24)(H2,20,26,27). The number of fused-ring (bicyclic) bond motifs is 1. The van der Waals surface area contributed by atoms with E-state index in [2.05, 4.69) is 10.3 Å². The minimum Gasteiger partial charge on any atom is -0.325 e. The monoisotopic (exact) mass is 492 g/mol. The van der Waals surface area contributed by atoms with E-state index < -0.39 is 10.0 Å². The summed E-state index contributed by atoms with van der Waals surface area (Å²) in [4.78, 5) is 31.4. The zero-order chi connectivity index (χ0) is 22.2. The van der Waals surface area contributed by atoms with Gasteiger partial charge < -0.3 is 5.32 Å². The van der Waals surface area contributed by atoms with Crippen LogP contribution < -0.4 is 16.0 Å². The second-order valence-electron chi connectivity index (χ2n) is 6.48. The van der Waals surface area contributed by atoms with Crippen LogP contribution in [0.1, 0.15) is 0 Å². The summed E-state index contributed by atoms with van der Waals surface area (Å²) in [5.41, 5.74) is 1.01. The van der Waals surface area contributed by atoms with Gasteiger partial charge in [0.2, 0.25) is 15.9 Å². The minimum absolute atomic E-state index is 0.00541.